The third-order valence-electron chi connectivity index (χ3n) is 2.45. The number of aryl methyl sites for hydroxylation is 1. The zero-order valence-corrected chi connectivity index (χ0v) is 10.1. The molecule has 0 spiro atoms. The van der Waals surface area contributed by atoms with E-state index >= 15 is 0 Å². The van der Waals surface area contributed by atoms with Crippen molar-refractivity contribution in [3.63, 3.8) is 0 Å². The van der Waals surface area contributed by atoms with Gasteiger partial charge in [-0.25, -0.2) is 4.79 Å². The van der Waals surface area contributed by atoms with Crippen molar-refractivity contribution in [3.8, 4) is 5.75 Å². The van der Waals surface area contributed by atoms with Crippen LogP contribution in [0.5, 0.6) is 5.75 Å². The molecular formula is C12H16O5. The minimum absolute atomic E-state index is 0.0981. The van der Waals surface area contributed by atoms with Gasteiger partial charge in [0.2, 0.25) is 0 Å². The highest BCUT2D eigenvalue weighted by molar-refractivity contribution is 5.92. The maximum absolute atomic E-state index is 11.6. The van der Waals surface area contributed by atoms with Gasteiger partial charge in [0.15, 0.2) is 0 Å². The number of aliphatic hydroxyl groups excluding tert-OH is 1. The second-order valence-corrected chi connectivity index (χ2v) is 3.37. The topological polar surface area (TPSA) is 65.0 Å². The van der Waals surface area contributed by atoms with Crippen molar-refractivity contribution in [3.05, 3.63) is 28.8 Å². The number of methoxy groups -OCH3 is 1. The molecule has 0 atom stereocenters. The largest absolute Gasteiger partial charge is 0.496 e. The van der Waals surface area contributed by atoms with E-state index in [1.54, 1.807) is 12.1 Å². The van der Waals surface area contributed by atoms with Crippen LogP contribution in [0.15, 0.2) is 12.1 Å². The highest BCUT2D eigenvalue weighted by atomic mass is 17.2. The number of hydrogen-bond acceptors (Lipinski definition) is 5. The van der Waals surface area contributed by atoms with Crippen LogP contribution in [0.4, 0.5) is 0 Å². The van der Waals surface area contributed by atoms with Crippen LogP contribution in [0.3, 0.4) is 0 Å². The Labute approximate surface area is 99.8 Å². The molecule has 0 radical (unpaired) electrons. The van der Waals surface area contributed by atoms with Crippen LogP contribution in [0, 0.1) is 0 Å². The van der Waals surface area contributed by atoms with E-state index in [9.17, 15) is 9.90 Å². The van der Waals surface area contributed by atoms with E-state index in [2.05, 4.69) is 9.78 Å². The Balaban J connectivity index is 3.23. The van der Waals surface area contributed by atoms with Gasteiger partial charge in [0.1, 0.15) is 11.3 Å². The van der Waals surface area contributed by atoms with Gasteiger partial charge in [-0.1, -0.05) is 6.92 Å². The number of benzene rings is 1. The smallest absolute Gasteiger partial charge is 0.376 e. The van der Waals surface area contributed by atoms with E-state index in [0.717, 1.165) is 11.1 Å². The van der Waals surface area contributed by atoms with E-state index in [4.69, 9.17) is 4.74 Å². The van der Waals surface area contributed by atoms with Gasteiger partial charge < -0.3 is 9.84 Å². The number of ether oxygens (including phenoxy) is 1. The molecule has 1 aromatic carbocycles. The third kappa shape index (κ3) is 2.95. The molecule has 0 unspecified atom stereocenters. The molecule has 1 rings (SSSR count). The summed E-state index contributed by atoms with van der Waals surface area (Å²) in [5.41, 5.74) is 1.89. The van der Waals surface area contributed by atoms with Crippen LogP contribution < -0.4 is 4.74 Å². The average Bonchev–Trinajstić information content (AvgIpc) is 2.37. The van der Waals surface area contributed by atoms with E-state index in [0.29, 0.717) is 12.2 Å². The lowest BCUT2D eigenvalue weighted by Crippen LogP contribution is -2.08. The van der Waals surface area contributed by atoms with Crippen molar-refractivity contribution in [2.45, 2.75) is 20.0 Å². The summed E-state index contributed by atoms with van der Waals surface area (Å²) in [4.78, 5) is 20.4. The first kappa shape index (κ1) is 13.5. The van der Waals surface area contributed by atoms with Gasteiger partial charge in [0, 0.05) is 0 Å². The molecular weight excluding hydrogens is 224 g/mol. The maximum atomic E-state index is 11.6. The van der Waals surface area contributed by atoms with Crippen LogP contribution in [-0.2, 0) is 22.8 Å². The first-order valence-corrected chi connectivity index (χ1v) is 5.23. The van der Waals surface area contributed by atoms with Gasteiger partial charge in [0.25, 0.3) is 0 Å². The standard InChI is InChI=1S/C12H16O5/c1-4-8-5-10(12(14)17-16-3)11(15-2)6-9(8)7-13/h5-6,13H,4,7H2,1-3H3. The fourth-order valence-electron chi connectivity index (χ4n) is 1.59. The van der Waals surface area contributed by atoms with Crippen molar-refractivity contribution >= 4 is 5.97 Å². The molecule has 17 heavy (non-hydrogen) atoms. The van der Waals surface area contributed by atoms with Gasteiger partial charge >= 0.3 is 5.97 Å². The Morgan fingerprint density at radius 2 is 2.00 bits per heavy atom. The molecule has 0 aliphatic heterocycles. The summed E-state index contributed by atoms with van der Waals surface area (Å²) in [7, 11) is 2.71. The Kier molecular flexibility index (Phi) is 4.93. The van der Waals surface area contributed by atoms with Crippen LogP contribution in [0.1, 0.15) is 28.4 Å². The lowest BCUT2D eigenvalue weighted by Gasteiger charge is -2.12. The van der Waals surface area contributed by atoms with Gasteiger partial charge in [0.05, 0.1) is 20.8 Å². The van der Waals surface area contributed by atoms with Crippen LogP contribution in [0.25, 0.3) is 0 Å². The molecule has 5 heteroatoms. The number of carbonyl (C=O) groups is 1. The first-order valence-electron chi connectivity index (χ1n) is 5.23. The van der Waals surface area contributed by atoms with Crippen LogP contribution in [0.2, 0.25) is 0 Å². The second-order valence-electron chi connectivity index (χ2n) is 3.37. The minimum Gasteiger partial charge on any atom is -0.496 e. The Morgan fingerprint density at radius 3 is 2.47 bits per heavy atom. The van der Waals surface area contributed by atoms with Crippen molar-refractivity contribution in [2.24, 2.45) is 0 Å². The maximum Gasteiger partial charge on any atom is 0.376 e. The molecule has 0 fully saturated rings. The molecule has 0 saturated carbocycles. The van der Waals surface area contributed by atoms with Crippen molar-refractivity contribution in [1.82, 2.24) is 0 Å². The van der Waals surface area contributed by atoms with E-state index < -0.39 is 5.97 Å². The molecule has 1 aromatic rings. The first-order chi connectivity index (χ1) is 8.17. The Morgan fingerprint density at radius 1 is 1.29 bits per heavy atom. The molecule has 0 aliphatic carbocycles. The molecule has 0 amide bonds. The average molecular weight is 240 g/mol. The lowest BCUT2D eigenvalue weighted by molar-refractivity contribution is -0.216. The van der Waals surface area contributed by atoms with Crippen molar-refractivity contribution in [1.29, 1.82) is 0 Å². The minimum atomic E-state index is -0.622. The van der Waals surface area contributed by atoms with Crippen molar-refractivity contribution < 1.29 is 24.4 Å². The summed E-state index contributed by atoms with van der Waals surface area (Å²) >= 11 is 0. The summed E-state index contributed by atoms with van der Waals surface area (Å²) in [6.45, 7) is 1.84. The summed E-state index contributed by atoms with van der Waals surface area (Å²) in [5.74, 6) is -0.267. The van der Waals surface area contributed by atoms with Crippen molar-refractivity contribution in [2.75, 3.05) is 14.2 Å². The predicted octanol–water partition coefficient (Wildman–Crippen LogP) is 1.47. The lowest BCUT2D eigenvalue weighted by atomic mass is 10.0. The quantitative estimate of drug-likeness (QED) is 0.623. The van der Waals surface area contributed by atoms with Gasteiger partial charge in [-0.15, -0.1) is 0 Å². The summed E-state index contributed by atoms with van der Waals surface area (Å²) in [6, 6.07) is 3.27. The number of carbonyl (C=O) groups excluding carboxylic acids is 1. The zero-order chi connectivity index (χ0) is 12.8. The Bertz CT molecular complexity index is 400. The highest BCUT2D eigenvalue weighted by Crippen LogP contribution is 2.25. The molecule has 0 aromatic heterocycles. The van der Waals surface area contributed by atoms with Crippen LogP contribution in [-0.4, -0.2) is 25.3 Å². The molecule has 0 aliphatic rings. The summed E-state index contributed by atoms with van der Waals surface area (Å²) < 4.78 is 5.09. The predicted molar refractivity (Wildman–Crippen MR) is 60.7 cm³/mol. The third-order valence-corrected chi connectivity index (χ3v) is 2.45. The van der Waals surface area contributed by atoms with Gasteiger partial charge in [-0.2, -0.15) is 4.89 Å². The molecule has 0 bridgehead atoms. The second kappa shape index (κ2) is 6.22. The molecule has 5 nitrogen and oxygen atoms in total. The zero-order valence-electron chi connectivity index (χ0n) is 10.1. The van der Waals surface area contributed by atoms with Gasteiger partial charge in [-0.05, 0) is 29.7 Å². The van der Waals surface area contributed by atoms with Crippen LogP contribution >= 0.6 is 0 Å². The fourth-order valence-corrected chi connectivity index (χ4v) is 1.59. The molecule has 0 saturated heterocycles. The van der Waals surface area contributed by atoms with E-state index in [1.165, 1.54) is 14.2 Å². The number of hydrogen-bond donors (Lipinski definition) is 1. The molecule has 0 heterocycles. The number of rotatable bonds is 5. The Hall–Kier alpha value is -1.59. The SMILES string of the molecule is CCc1cc(C(=O)OOC)c(OC)cc1CO. The monoisotopic (exact) mass is 240 g/mol. The number of aliphatic hydroxyl groups is 1. The molecule has 1 N–H and O–H groups in total. The normalized spacial score (nSPS) is 10.1. The summed E-state index contributed by atoms with van der Waals surface area (Å²) in [6.07, 6.45) is 0.702. The summed E-state index contributed by atoms with van der Waals surface area (Å²) in [5, 5.41) is 9.21. The molecule has 94 valence electrons. The fraction of sp³-hybridized carbons (Fsp3) is 0.417. The van der Waals surface area contributed by atoms with E-state index in [1.807, 2.05) is 6.92 Å². The van der Waals surface area contributed by atoms with E-state index in [-0.39, 0.29) is 12.2 Å². The van der Waals surface area contributed by atoms with Gasteiger partial charge in [-0.3, -0.25) is 4.89 Å². The highest BCUT2D eigenvalue weighted by Gasteiger charge is 2.17.